The van der Waals surface area contributed by atoms with E-state index in [4.69, 9.17) is 23.2 Å². The van der Waals surface area contributed by atoms with Gasteiger partial charge in [0.15, 0.2) is 15.5 Å². The van der Waals surface area contributed by atoms with E-state index in [-0.39, 0.29) is 27.1 Å². The molecule has 0 atom stereocenters. The van der Waals surface area contributed by atoms with Gasteiger partial charge in [-0.15, -0.1) is 5.10 Å². The van der Waals surface area contributed by atoms with Gasteiger partial charge in [0.25, 0.3) is 11.5 Å². The van der Waals surface area contributed by atoms with Crippen LogP contribution in [0.15, 0.2) is 39.1 Å². The van der Waals surface area contributed by atoms with Crippen molar-refractivity contribution < 1.29 is 13.2 Å². The van der Waals surface area contributed by atoms with Crippen molar-refractivity contribution in [1.82, 2.24) is 15.1 Å². The Balaban J connectivity index is 2.63. The second-order valence-electron chi connectivity index (χ2n) is 5.23. The maximum Gasteiger partial charge on any atom is 0.280 e. The maximum absolute atomic E-state index is 12.4. The first-order chi connectivity index (χ1) is 12.1. The Hall–Kier alpha value is -2.92. The van der Waals surface area contributed by atoms with Crippen molar-refractivity contribution in [2.24, 2.45) is 23.7 Å². The van der Waals surface area contributed by atoms with Crippen molar-refractivity contribution in [3.63, 3.8) is 0 Å². The summed E-state index contributed by atoms with van der Waals surface area (Å²) in [6.45, 7) is 0. The van der Waals surface area contributed by atoms with Gasteiger partial charge < -0.3 is 11.6 Å². The van der Waals surface area contributed by atoms with Gasteiger partial charge in [0.05, 0.1) is 15.5 Å². The molecule has 0 bridgehead atoms. The molecule has 5 N–H and O–H groups in total. The minimum absolute atomic E-state index is 0.0161. The fourth-order valence-electron chi connectivity index (χ4n) is 2.09. The van der Waals surface area contributed by atoms with Gasteiger partial charge in [-0.3, -0.25) is 14.9 Å². The quantitative estimate of drug-likeness (QED) is 0.269. The molecule has 26 heavy (non-hydrogen) atoms. The molecule has 0 fully saturated rings. The summed E-state index contributed by atoms with van der Waals surface area (Å²) in [5.41, 5.74) is 4.79. The molecule has 2 aromatic rings. The summed E-state index contributed by atoms with van der Waals surface area (Å²) >= 11 is 6.20. The molecule has 0 saturated carbocycles. The van der Waals surface area contributed by atoms with Crippen LogP contribution in [0.2, 0.25) is 5.02 Å². The summed E-state index contributed by atoms with van der Waals surface area (Å²) < 4.78 is 24.0. The van der Waals surface area contributed by atoms with Gasteiger partial charge in [-0.1, -0.05) is 23.7 Å². The average Bonchev–Trinajstić information content (AvgIpc) is 2.57. The number of carbonyl (C=O) groups is 1. The Morgan fingerprint density at radius 2 is 1.88 bits per heavy atom. The molecular formula is C14H15ClN6O4S. The van der Waals surface area contributed by atoms with Crippen molar-refractivity contribution >= 4 is 33.3 Å². The van der Waals surface area contributed by atoms with Gasteiger partial charge in [0.2, 0.25) is 5.96 Å². The number of halogens is 1. The van der Waals surface area contributed by atoms with Gasteiger partial charge in [-0.05, 0) is 17.7 Å². The van der Waals surface area contributed by atoms with E-state index < -0.39 is 21.3 Å². The number of aromatic nitrogens is 2. The Morgan fingerprint density at radius 3 is 2.38 bits per heavy atom. The number of hydrogen-bond acceptors (Lipinski definition) is 7. The molecule has 1 aromatic carbocycles. The third-order valence-electron chi connectivity index (χ3n) is 3.35. The number of benzene rings is 1. The van der Waals surface area contributed by atoms with Gasteiger partial charge >= 0.3 is 0 Å². The van der Waals surface area contributed by atoms with Crippen LogP contribution in [0.25, 0.3) is 11.1 Å². The molecule has 0 saturated heterocycles. The Kier molecular flexibility index (Phi) is 5.33. The number of nitrogens with zero attached hydrogens (tertiary/aromatic N) is 3. The minimum Gasteiger partial charge on any atom is -0.368 e. The van der Waals surface area contributed by atoms with E-state index in [9.17, 15) is 18.0 Å². The summed E-state index contributed by atoms with van der Waals surface area (Å²) in [7, 11) is -2.06. The number of sulfone groups is 1. The lowest BCUT2D eigenvalue weighted by molar-refractivity contribution is 0.0969. The lowest BCUT2D eigenvalue weighted by atomic mass is 10.1. The van der Waals surface area contributed by atoms with Crippen LogP contribution in [-0.4, -0.2) is 36.3 Å². The predicted molar refractivity (Wildman–Crippen MR) is 96.3 cm³/mol. The van der Waals surface area contributed by atoms with Crippen molar-refractivity contribution in [3.05, 3.63) is 45.3 Å². The highest BCUT2D eigenvalue weighted by atomic mass is 35.5. The monoisotopic (exact) mass is 398 g/mol. The molecule has 1 aromatic heterocycles. The number of rotatable bonds is 3. The molecule has 1 heterocycles. The van der Waals surface area contributed by atoms with E-state index in [1.54, 1.807) is 0 Å². The third kappa shape index (κ3) is 3.83. The molecule has 10 nitrogen and oxygen atoms in total. The SMILES string of the molecule is Cn1nc(C(=O)NC(N)=NN)c(Cl)c(-c2ccc(S(C)(=O)=O)cc2)c1=O. The zero-order valence-corrected chi connectivity index (χ0v) is 15.3. The van der Waals surface area contributed by atoms with Crippen molar-refractivity contribution in [3.8, 4) is 11.1 Å². The number of nitrogens with one attached hydrogen (secondary N) is 1. The summed E-state index contributed by atoms with van der Waals surface area (Å²) in [6.07, 6.45) is 1.06. The van der Waals surface area contributed by atoms with E-state index in [0.29, 0.717) is 5.56 Å². The number of nitrogens with two attached hydrogens (primary N) is 2. The van der Waals surface area contributed by atoms with Crippen LogP contribution >= 0.6 is 11.6 Å². The van der Waals surface area contributed by atoms with Crippen LogP contribution in [0.1, 0.15) is 10.5 Å². The van der Waals surface area contributed by atoms with Crippen LogP contribution in [0, 0.1) is 0 Å². The number of carbonyl (C=O) groups excluding carboxylic acids is 1. The number of hydrazone groups is 1. The standard InChI is InChI=1S/C14H15ClN6O4S/c1-21-13(23)9(7-3-5-8(6-4-7)26(2,24)25)10(15)11(20-21)12(22)18-14(16)19-17/h3-6H,17H2,1-2H3,(H3,16,18,19,22). The van der Waals surface area contributed by atoms with Crippen LogP contribution in [0.5, 0.6) is 0 Å². The van der Waals surface area contributed by atoms with E-state index in [0.717, 1.165) is 10.9 Å². The zero-order valence-electron chi connectivity index (χ0n) is 13.7. The summed E-state index contributed by atoms with van der Waals surface area (Å²) in [4.78, 5) is 24.7. The third-order valence-corrected chi connectivity index (χ3v) is 4.85. The lowest BCUT2D eigenvalue weighted by Gasteiger charge is -2.11. The van der Waals surface area contributed by atoms with E-state index in [1.165, 1.54) is 31.3 Å². The summed E-state index contributed by atoms with van der Waals surface area (Å²) in [5.74, 6) is 3.78. The Labute approximate surface area is 153 Å². The Bertz CT molecular complexity index is 1060. The first-order valence-electron chi connectivity index (χ1n) is 6.98. The molecule has 0 unspecified atom stereocenters. The molecule has 1 amide bonds. The number of amides is 1. The second kappa shape index (κ2) is 7.14. The number of hydrogen-bond donors (Lipinski definition) is 3. The van der Waals surface area contributed by atoms with E-state index in [2.05, 4.69) is 15.5 Å². The molecule has 0 aliphatic heterocycles. The highest BCUT2D eigenvalue weighted by Gasteiger charge is 2.22. The van der Waals surface area contributed by atoms with Crippen LogP contribution < -0.4 is 22.5 Å². The first kappa shape index (κ1) is 19.4. The van der Waals surface area contributed by atoms with Crippen LogP contribution in [0.3, 0.4) is 0 Å². The average molecular weight is 399 g/mol. The predicted octanol–water partition coefficient (Wildman–Crippen LogP) is -0.578. The molecule has 138 valence electrons. The van der Waals surface area contributed by atoms with Gasteiger partial charge in [0.1, 0.15) is 0 Å². The molecule has 0 aliphatic rings. The van der Waals surface area contributed by atoms with Gasteiger partial charge in [-0.2, -0.15) is 5.10 Å². The summed E-state index contributed by atoms with van der Waals surface area (Å²) in [5, 5.41) is 8.86. The second-order valence-corrected chi connectivity index (χ2v) is 7.63. The zero-order chi connectivity index (χ0) is 19.6. The molecule has 0 aliphatic carbocycles. The topological polar surface area (TPSA) is 163 Å². The van der Waals surface area contributed by atoms with Crippen molar-refractivity contribution in [2.75, 3.05) is 6.26 Å². The highest BCUT2D eigenvalue weighted by Crippen LogP contribution is 2.27. The first-order valence-corrected chi connectivity index (χ1v) is 9.25. The smallest absolute Gasteiger partial charge is 0.280 e. The lowest BCUT2D eigenvalue weighted by Crippen LogP contribution is -2.39. The molecule has 0 spiro atoms. The number of guanidine groups is 1. The summed E-state index contributed by atoms with van der Waals surface area (Å²) in [6, 6.07) is 5.49. The number of aryl methyl sites for hydroxylation is 1. The largest absolute Gasteiger partial charge is 0.368 e. The van der Waals surface area contributed by atoms with Crippen molar-refractivity contribution in [1.29, 1.82) is 0 Å². The fourth-order valence-corrected chi connectivity index (χ4v) is 3.03. The molecule has 12 heteroatoms. The molecular weight excluding hydrogens is 384 g/mol. The minimum atomic E-state index is -3.40. The Morgan fingerprint density at radius 1 is 1.31 bits per heavy atom. The van der Waals surface area contributed by atoms with E-state index >= 15 is 0 Å². The maximum atomic E-state index is 12.4. The van der Waals surface area contributed by atoms with Crippen LogP contribution in [-0.2, 0) is 16.9 Å². The van der Waals surface area contributed by atoms with Gasteiger partial charge in [-0.25, -0.2) is 13.1 Å². The van der Waals surface area contributed by atoms with Crippen LogP contribution in [0.4, 0.5) is 0 Å². The fraction of sp³-hybridized carbons (Fsp3) is 0.143. The van der Waals surface area contributed by atoms with E-state index in [1.807, 2.05) is 0 Å². The normalized spacial score (nSPS) is 12.0. The molecule has 2 rings (SSSR count). The van der Waals surface area contributed by atoms with Crippen molar-refractivity contribution in [2.45, 2.75) is 4.90 Å². The molecule has 0 radical (unpaired) electrons. The van der Waals surface area contributed by atoms with Gasteiger partial charge in [0, 0.05) is 13.3 Å². The highest BCUT2D eigenvalue weighted by molar-refractivity contribution is 7.90.